The summed E-state index contributed by atoms with van der Waals surface area (Å²) in [5.74, 6) is 0.702. The number of aryl methyl sites for hydroxylation is 1. The van der Waals surface area contributed by atoms with Gasteiger partial charge in [0.05, 0.1) is 10.6 Å². The summed E-state index contributed by atoms with van der Waals surface area (Å²) in [5.41, 5.74) is 1.17. The molecule has 8 nitrogen and oxygen atoms in total. The molecule has 4 rings (SSSR count). The summed E-state index contributed by atoms with van der Waals surface area (Å²) in [4.78, 5) is 18.2. The largest absolute Gasteiger partial charge is 0.455 e. The number of carbonyl (C=O) groups excluding carboxylic acids is 1. The molecule has 0 spiro atoms. The van der Waals surface area contributed by atoms with E-state index in [9.17, 15) is 4.79 Å². The molecule has 4 aromatic heterocycles. The molecule has 0 atom stereocenters. The van der Waals surface area contributed by atoms with E-state index >= 15 is 0 Å². The lowest BCUT2D eigenvalue weighted by Gasteiger charge is -2.03. The van der Waals surface area contributed by atoms with Gasteiger partial charge in [-0.25, -0.2) is 9.78 Å². The minimum Gasteiger partial charge on any atom is -0.455 e. The molecule has 4 aromatic rings. The van der Waals surface area contributed by atoms with Crippen molar-refractivity contribution >= 4 is 28.6 Å². The fourth-order valence-corrected chi connectivity index (χ4v) is 3.59. The number of carbonyl (C=O) groups is 1. The maximum absolute atomic E-state index is 12.4. The van der Waals surface area contributed by atoms with Gasteiger partial charge in [0.1, 0.15) is 29.3 Å². The van der Waals surface area contributed by atoms with Crippen LogP contribution in [0.15, 0.2) is 39.7 Å². The molecule has 25 heavy (non-hydrogen) atoms. The first-order chi connectivity index (χ1) is 12.2. The van der Waals surface area contributed by atoms with Gasteiger partial charge in [-0.3, -0.25) is 0 Å². The lowest BCUT2D eigenvalue weighted by atomic mass is 10.3. The van der Waals surface area contributed by atoms with E-state index in [-0.39, 0.29) is 6.61 Å². The number of esters is 1. The summed E-state index contributed by atoms with van der Waals surface area (Å²) in [5, 5.41) is 14.7. The number of oxazole rings is 1. The fraction of sp³-hybridized carbons (Fsp3) is 0.133. The molecule has 0 saturated carbocycles. The number of rotatable bonds is 5. The molecule has 0 saturated heterocycles. The first kappa shape index (κ1) is 15.7. The van der Waals surface area contributed by atoms with E-state index < -0.39 is 5.97 Å². The monoisotopic (exact) mass is 373 g/mol. The second kappa shape index (κ2) is 6.57. The van der Waals surface area contributed by atoms with E-state index in [0.717, 1.165) is 4.88 Å². The van der Waals surface area contributed by atoms with Crippen LogP contribution in [-0.2, 0) is 11.3 Å². The van der Waals surface area contributed by atoms with Gasteiger partial charge in [-0.1, -0.05) is 6.07 Å². The molecule has 0 unspecified atom stereocenters. The zero-order chi connectivity index (χ0) is 17.2. The van der Waals surface area contributed by atoms with Crippen molar-refractivity contribution in [3.05, 3.63) is 51.6 Å². The van der Waals surface area contributed by atoms with Crippen LogP contribution in [-0.4, -0.2) is 31.2 Å². The first-order valence-corrected chi connectivity index (χ1v) is 8.96. The van der Waals surface area contributed by atoms with E-state index in [1.807, 2.05) is 17.5 Å². The van der Waals surface area contributed by atoms with Crippen LogP contribution in [0, 0.1) is 6.92 Å². The van der Waals surface area contributed by atoms with Gasteiger partial charge in [0, 0.05) is 0 Å². The van der Waals surface area contributed by atoms with Gasteiger partial charge in [-0.15, -0.1) is 27.8 Å². The van der Waals surface area contributed by atoms with Crippen molar-refractivity contribution < 1.29 is 13.9 Å². The van der Waals surface area contributed by atoms with E-state index in [1.165, 1.54) is 33.7 Å². The van der Waals surface area contributed by atoms with Crippen molar-refractivity contribution in [2.75, 3.05) is 0 Å². The zero-order valence-electron chi connectivity index (χ0n) is 12.9. The molecular weight excluding hydrogens is 362 g/mol. The molecule has 10 heteroatoms. The Kier molecular flexibility index (Phi) is 4.12. The highest BCUT2D eigenvalue weighted by Crippen LogP contribution is 2.27. The Labute approximate surface area is 149 Å². The van der Waals surface area contributed by atoms with Crippen LogP contribution in [0.3, 0.4) is 0 Å². The van der Waals surface area contributed by atoms with Crippen molar-refractivity contribution in [3.8, 4) is 16.5 Å². The third kappa shape index (κ3) is 3.08. The summed E-state index contributed by atoms with van der Waals surface area (Å²) >= 11 is 2.80. The Hall–Kier alpha value is -2.85. The molecule has 126 valence electrons. The van der Waals surface area contributed by atoms with Gasteiger partial charge >= 0.3 is 5.97 Å². The Morgan fingerprint density at radius 1 is 1.32 bits per heavy atom. The quantitative estimate of drug-likeness (QED) is 0.496. The topological polar surface area (TPSA) is 95.9 Å². The van der Waals surface area contributed by atoms with Crippen LogP contribution in [0.4, 0.5) is 0 Å². The number of hydrogen-bond donors (Lipinski definition) is 0. The molecular formula is C15H11N5O3S2. The summed E-state index contributed by atoms with van der Waals surface area (Å²) in [6, 6.07) is 5.61. The van der Waals surface area contributed by atoms with E-state index in [4.69, 9.17) is 9.15 Å². The fourth-order valence-electron chi connectivity index (χ4n) is 2.17. The Balaban J connectivity index is 1.49. The lowest BCUT2D eigenvalue weighted by Crippen LogP contribution is -2.08. The predicted octanol–water partition coefficient (Wildman–Crippen LogP) is 3.11. The van der Waals surface area contributed by atoms with Gasteiger partial charge < -0.3 is 9.15 Å². The van der Waals surface area contributed by atoms with Gasteiger partial charge in [-0.2, -0.15) is 4.68 Å². The van der Waals surface area contributed by atoms with Crippen molar-refractivity contribution in [1.82, 2.24) is 25.2 Å². The van der Waals surface area contributed by atoms with Gasteiger partial charge in [-0.05, 0) is 40.2 Å². The Morgan fingerprint density at radius 2 is 2.24 bits per heavy atom. The van der Waals surface area contributed by atoms with Gasteiger partial charge in [0.2, 0.25) is 5.89 Å². The first-order valence-electron chi connectivity index (χ1n) is 7.20. The second-order valence-corrected chi connectivity index (χ2v) is 6.83. The molecule has 0 fully saturated rings. The average molecular weight is 373 g/mol. The normalized spacial score (nSPS) is 10.9. The minimum absolute atomic E-state index is 0.0342. The molecule has 0 aliphatic rings. The van der Waals surface area contributed by atoms with Crippen molar-refractivity contribution in [2.24, 2.45) is 0 Å². The number of tetrazole rings is 1. The van der Waals surface area contributed by atoms with Crippen LogP contribution >= 0.6 is 22.7 Å². The highest BCUT2D eigenvalue weighted by molar-refractivity contribution is 7.13. The maximum atomic E-state index is 12.4. The van der Waals surface area contributed by atoms with Crippen LogP contribution in [0.1, 0.15) is 21.1 Å². The highest BCUT2D eigenvalue weighted by Gasteiger charge is 2.19. The molecule has 0 aliphatic carbocycles. The smallest absolute Gasteiger partial charge is 0.350 e. The molecule has 0 N–H and O–H groups in total. The standard InChI is InChI=1S/C15H11N5O3S2/c1-9-10(17-14(23-9)12-3-2-5-24-12)7-22-15(21)13-11(4-6-25-13)20-8-16-18-19-20/h2-6,8H,7H2,1H3. The molecule has 0 amide bonds. The molecule has 4 heterocycles. The molecule has 0 bridgehead atoms. The maximum Gasteiger partial charge on any atom is 0.350 e. The number of ether oxygens (including phenoxy) is 1. The molecule has 0 aliphatic heterocycles. The SMILES string of the molecule is Cc1oc(-c2cccs2)nc1COC(=O)c1sccc1-n1cnnn1. The average Bonchev–Trinajstić information content (AvgIpc) is 3.39. The third-order valence-electron chi connectivity index (χ3n) is 3.39. The summed E-state index contributed by atoms with van der Waals surface area (Å²) < 4.78 is 12.5. The molecule has 0 radical (unpaired) electrons. The number of nitrogens with zero attached hydrogens (tertiary/aromatic N) is 5. The van der Waals surface area contributed by atoms with Gasteiger partial charge in [0.25, 0.3) is 0 Å². The van der Waals surface area contributed by atoms with Crippen LogP contribution in [0.2, 0.25) is 0 Å². The highest BCUT2D eigenvalue weighted by atomic mass is 32.1. The number of thiophene rings is 2. The van der Waals surface area contributed by atoms with Crippen LogP contribution < -0.4 is 0 Å². The number of aromatic nitrogens is 5. The summed E-state index contributed by atoms with van der Waals surface area (Å²) in [6.45, 7) is 1.83. The number of hydrogen-bond acceptors (Lipinski definition) is 9. The third-order valence-corrected chi connectivity index (χ3v) is 5.13. The second-order valence-electron chi connectivity index (χ2n) is 4.96. The van der Waals surface area contributed by atoms with Crippen molar-refractivity contribution in [1.29, 1.82) is 0 Å². The summed E-state index contributed by atoms with van der Waals surface area (Å²) in [7, 11) is 0. The Bertz CT molecular complexity index is 989. The van der Waals surface area contributed by atoms with Crippen LogP contribution in [0.5, 0.6) is 0 Å². The Morgan fingerprint density at radius 3 is 3.00 bits per heavy atom. The van der Waals surface area contributed by atoms with Gasteiger partial charge in [0.15, 0.2) is 0 Å². The van der Waals surface area contributed by atoms with E-state index in [1.54, 1.807) is 18.4 Å². The predicted molar refractivity (Wildman–Crippen MR) is 90.7 cm³/mol. The zero-order valence-corrected chi connectivity index (χ0v) is 14.6. The molecule has 0 aromatic carbocycles. The lowest BCUT2D eigenvalue weighted by molar-refractivity contribution is 0.0472. The van der Waals surface area contributed by atoms with Crippen molar-refractivity contribution in [3.63, 3.8) is 0 Å². The minimum atomic E-state index is -0.458. The van der Waals surface area contributed by atoms with Crippen LogP contribution in [0.25, 0.3) is 16.5 Å². The van der Waals surface area contributed by atoms with E-state index in [0.29, 0.717) is 27.9 Å². The summed E-state index contributed by atoms with van der Waals surface area (Å²) in [6.07, 6.45) is 1.42. The van der Waals surface area contributed by atoms with Crippen molar-refractivity contribution in [2.45, 2.75) is 13.5 Å². The van der Waals surface area contributed by atoms with E-state index in [2.05, 4.69) is 20.5 Å².